The molecule has 0 aromatic heterocycles. The van der Waals surface area contributed by atoms with Gasteiger partial charge in [-0.3, -0.25) is 4.79 Å². The van der Waals surface area contributed by atoms with E-state index in [1.54, 1.807) is 12.1 Å². The Morgan fingerprint density at radius 1 is 1.43 bits per heavy atom. The summed E-state index contributed by atoms with van der Waals surface area (Å²) in [5, 5.41) is 8.83. The lowest BCUT2D eigenvalue weighted by atomic mass is 10.0. The highest BCUT2D eigenvalue weighted by Gasteiger charge is 2.06. The highest BCUT2D eigenvalue weighted by atomic mass is 16.4. The molecule has 1 aromatic rings. The molecule has 0 amide bonds. The molecule has 0 aliphatic carbocycles. The predicted molar refractivity (Wildman–Crippen MR) is 53.2 cm³/mol. The maximum atomic E-state index is 10.8. The topological polar surface area (TPSA) is 54.4 Å². The minimum Gasteiger partial charge on any atom is -0.478 e. The average molecular weight is 190 g/mol. The van der Waals surface area contributed by atoms with Crippen molar-refractivity contribution in [3.63, 3.8) is 0 Å². The summed E-state index contributed by atoms with van der Waals surface area (Å²) in [6.07, 6.45) is 3.39. The number of aromatic carboxylic acids is 1. The van der Waals surface area contributed by atoms with Crippen LogP contribution in [0.15, 0.2) is 24.3 Å². The van der Waals surface area contributed by atoms with Gasteiger partial charge in [0.25, 0.3) is 0 Å². The fourth-order valence-electron chi connectivity index (χ4n) is 1.16. The maximum absolute atomic E-state index is 10.8. The standard InChI is InChI=1S/C11H10O3/c1-8-4-5-10(11(13)14)9(7-8)3-2-6-12/h2-7H,1H3,(H,13,14). The molecule has 0 fully saturated rings. The summed E-state index contributed by atoms with van der Waals surface area (Å²) in [7, 11) is 0. The molecule has 3 nitrogen and oxygen atoms in total. The van der Waals surface area contributed by atoms with Crippen LogP contribution >= 0.6 is 0 Å². The van der Waals surface area contributed by atoms with E-state index < -0.39 is 5.97 Å². The van der Waals surface area contributed by atoms with Gasteiger partial charge in [-0.1, -0.05) is 23.8 Å². The average Bonchev–Trinajstić information content (AvgIpc) is 2.14. The van der Waals surface area contributed by atoms with Crippen molar-refractivity contribution in [2.45, 2.75) is 6.92 Å². The Labute approximate surface area is 81.7 Å². The zero-order valence-electron chi connectivity index (χ0n) is 7.73. The molecule has 0 spiro atoms. The van der Waals surface area contributed by atoms with E-state index in [0.717, 1.165) is 5.56 Å². The molecule has 0 saturated carbocycles. The first-order valence-electron chi connectivity index (χ1n) is 4.11. The molecule has 0 atom stereocenters. The number of carbonyl (C=O) groups is 2. The van der Waals surface area contributed by atoms with Crippen LogP contribution in [-0.4, -0.2) is 17.4 Å². The summed E-state index contributed by atoms with van der Waals surface area (Å²) in [6.45, 7) is 1.86. The number of hydrogen-bond acceptors (Lipinski definition) is 2. The summed E-state index contributed by atoms with van der Waals surface area (Å²) >= 11 is 0. The van der Waals surface area contributed by atoms with E-state index in [0.29, 0.717) is 11.8 Å². The van der Waals surface area contributed by atoms with Crippen LogP contribution in [0.3, 0.4) is 0 Å². The van der Waals surface area contributed by atoms with Gasteiger partial charge in [0, 0.05) is 0 Å². The van der Waals surface area contributed by atoms with Crippen molar-refractivity contribution in [1.29, 1.82) is 0 Å². The van der Waals surface area contributed by atoms with Crippen molar-refractivity contribution in [2.75, 3.05) is 0 Å². The summed E-state index contributed by atoms with van der Waals surface area (Å²) in [5.74, 6) is -0.990. The van der Waals surface area contributed by atoms with Crippen LogP contribution in [0, 0.1) is 6.92 Å². The Bertz CT molecular complexity index is 392. The number of carboxylic acid groups (broad SMARTS) is 1. The van der Waals surface area contributed by atoms with Crippen molar-refractivity contribution in [3.05, 3.63) is 41.0 Å². The third-order valence-corrected chi connectivity index (χ3v) is 1.79. The Kier molecular flexibility index (Phi) is 3.18. The maximum Gasteiger partial charge on any atom is 0.336 e. The molecule has 0 heterocycles. The summed E-state index contributed by atoms with van der Waals surface area (Å²) in [6, 6.07) is 4.98. The molecule has 1 rings (SSSR count). The number of hydrogen-bond donors (Lipinski definition) is 1. The van der Waals surface area contributed by atoms with Crippen LogP contribution in [0.4, 0.5) is 0 Å². The molecule has 1 aromatic carbocycles. The van der Waals surface area contributed by atoms with E-state index in [9.17, 15) is 9.59 Å². The van der Waals surface area contributed by atoms with E-state index in [2.05, 4.69) is 0 Å². The first kappa shape index (κ1) is 10.2. The third-order valence-electron chi connectivity index (χ3n) is 1.79. The van der Waals surface area contributed by atoms with Crippen LogP contribution < -0.4 is 0 Å². The normalized spacial score (nSPS) is 10.4. The van der Waals surface area contributed by atoms with E-state index >= 15 is 0 Å². The lowest BCUT2D eigenvalue weighted by Gasteiger charge is -2.01. The lowest BCUT2D eigenvalue weighted by Crippen LogP contribution is -1.99. The Balaban J connectivity index is 3.22. The molecule has 0 unspecified atom stereocenters. The minimum atomic E-state index is -0.990. The van der Waals surface area contributed by atoms with Gasteiger partial charge in [0.15, 0.2) is 0 Å². The molecule has 0 aliphatic heterocycles. The Morgan fingerprint density at radius 3 is 2.71 bits per heavy atom. The van der Waals surface area contributed by atoms with Gasteiger partial charge in [-0.05, 0) is 24.6 Å². The Morgan fingerprint density at radius 2 is 2.14 bits per heavy atom. The monoisotopic (exact) mass is 190 g/mol. The second-order valence-electron chi connectivity index (χ2n) is 2.89. The van der Waals surface area contributed by atoms with Crippen LogP contribution in [0.25, 0.3) is 6.08 Å². The number of allylic oxidation sites excluding steroid dienone is 1. The molecule has 3 heteroatoms. The first-order valence-corrected chi connectivity index (χ1v) is 4.11. The van der Waals surface area contributed by atoms with Crippen LogP contribution in [0.2, 0.25) is 0 Å². The van der Waals surface area contributed by atoms with Gasteiger partial charge in [0.05, 0.1) is 5.56 Å². The number of carbonyl (C=O) groups excluding carboxylic acids is 1. The second-order valence-corrected chi connectivity index (χ2v) is 2.89. The zero-order valence-corrected chi connectivity index (χ0v) is 7.73. The molecule has 0 aliphatic rings. The number of aldehydes is 1. The Hall–Kier alpha value is -1.90. The van der Waals surface area contributed by atoms with Gasteiger partial charge in [0.1, 0.15) is 6.29 Å². The largest absolute Gasteiger partial charge is 0.478 e. The van der Waals surface area contributed by atoms with Gasteiger partial charge < -0.3 is 5.11 Å². The van der Waals surface area contributed by atoms with Crippen molar-refractivity contribution in [3.8, 4) is 0 Å². The highest BCUT2D eigenvalue weighted by Crippen LogP contribution is 2.13. The van der Waals surface area contributed by atoms with Gasteiger partial charge in [-0.2, -0.15) is 0 Å². The molecule has 0 saturated heterocycles. The quantitative estimate of drug-likeness (QED) is 0.585. The van der Waals surface area contributed by atoms with E-state index in [1.807, 2.05) is 6.92 Å². The van der Waals surface area contributed by atoms with E-state index in [1.165, 1.54) is 18.2 Å². The number of aryl methyl sites for hydroxylation is 1. The summed E-state index contributed by atoms with van der Waals surface area (Å²) in [5.41, 5.74) is 1.71. The van der Waals surface area contributed by atoms with Crippen molar-refractivity contribution < 1.29 is 14.7 Å². The van der Waals surface area contributed by atoms with Gasteiger partial charge in [-0.15, -0.1) is 0 Å². The molecule has 14 heavy (non-hydrogen) atoms. The fourth-order valence-corrected chi connectivity index (χ4v) is 1.16. The number of benzene rings is 1. The van der Waals surface area contributed by atoms with Crippen LogP contribution in [0.1, 0.15) is 21.5 Å². The van der Waals surface area contributed by atoms with E-state index in [-0.39, 0.29) is 5.56 Å². The minimum absolute atomic E-state index is 0.203. The van der Waals surface area contributed by atoms with Crippen LogP contribution in [-0.2, 0) is 4.79 Å². The molecule has 0 bridgehead atoms. The van der Waals surface area contributed by atoms with Gasteiger partial charge in [0.2, 0.25) is 0 Å². The molecular weight excluding hydrogens is 180 g/mol. The number of rotatable bonds is 3. The van der Waals surface area contributed by atoms with Gasteiger partial charge >= 0.3 is 5.97 Å². The van der Waals surface area contributed by atoms with Crippen molar-refractivity contribution in [2.24, 2.45) is 0 Å². The van der Waals surface area contributed by atoms with Gasteiger partial charge in [-0.25, -0.2) is 4.79 Å². The van der Waals surface area contributed by atoms with Crippen molar-refractivity contribution in [1.82, 2.24) is 0 Å². The van der Waals surface area contributed by atoms with Crippen LogP contribution in [0.5, 0.6) is 0 Å². The highest BCUT2D eigenvalue weighted by molar-refractivity contribution is 5.93. The number of carboxylic acids is 1. The molecule has 72 valence electrons. The second kappa shape index (κ2) is 4.37. The van der Waals surface area contributed by atoms with E-state index in [4.69, 9.17) is 5.11 Å². The zero-order chi connectivity index (χ0) is 10.6. The SMILES string of the molecule is Cc1ccc(C(=O)O)c(C=CC=O)c1. The summed E-state index contributed by atoms with van der Waals surface area (Å²) < 4.78 is 0. The predicted octanol–water partition coefficient (Wildman–Crippen LogP) is 1.91. The molecule has 1 N–H and O–H groups in total. The molecular formula is C11H10O3. The van der Waals surface area contributed by atoms with Crippen molar-refractivity contribution >= 4 is 18.3 Å². The third kappa shape index (κ3) is 2.29. The smallest absolute Gasteiger partial charge is 0.336 e. The summed E-state index contributed by atoms with van der Waals surface area (Å²) in [4.78, 5) is 20.9. The first-order chi connectivity index (χ1) is 6.65. The fraction of sp³-hybridized carbons (Fsp3) is 0.0909. The lowest BCUT2D eigenvalue weighted by molar-refractivity contribution is -0.104. The molecule has 0 radical (unpaired) electrons.